The van der Waals surface area contributed by atoms with Gasteiger partial charge < -0.3 is 4.74 Å². The smallest absolute Gasteiger partial charge is 0.435 e. The molecular weight excluding hydrogens is 517 g/mol. The van der Waals surface area contributed by atoms with Crippen molar-refractivity contribution in [2.24, 2.45) is 0 Å². The zero-order valence-electron chi connectivity index (χ0n) is 20.0. The molecule has 2 heterocycles. The molecule has 3 aromatic carbocycles. The summed E-state index contributed by atoms with van der Waals surface area (Å²) < 4.78 is 48.7. The van der Waals surface area contributed by atoms with Crippen molar-refractivity contribution >= 4 is 17.6 Å². The van der Waals surface area contributed by atoms with Crippen LogP contribution in [0.25, 0.3) is 22.6 Å². The number of hydrogen-bond donors (Lipinski definition) is 0. The maximum absolute atomic E-state index is 13.5. The Morgan fingerprint density at radius 3 is 2.32 bits per heavy atom. The summed E-state index contributed by atoms with van der Waals surface area (Å²) in [6, 6.07) is 23.1. The van der Waals surface area contributed by atoms with Gasteiger partial charge in [0, 0.05) is 16.8 Å². The number of benzene rings is 3. The first-order chi connectivity index (χ1) is 18.2. The molecule has 192 valence electrons. The van der Waals surface area contributed by atoms with Crippen molar-refractivity contribution in [1.82, 2.24) is 19.6 Å². The number of hydrogen-bond acceptors (Lipinski definition) is 4. The minimum Gasteiger partial charge on any atom is -0.457 e. The van der Waals surface area contributed by atoms with Crippen LogP contribution in [0.2, 0.25) is 5.02 Å². The number of aromatic nitrogens is 4. The highest BCUT2D eigenvalue weighted by atomic mass is 35.5. The van der Waals surface area contributed by atoms with E-state index in [1.807, 2.05) is 37.3 Å². The molecule has 6 nitrogen and oxygen atoms in total. The van der Waals surface area contributed by atoms with E-state index in [1.165, 1.54) is 12.1 Å². The normalized spacial score (nSPS) is 11.5. The maximum atomic E-state index is 13.5. The molecule has 2 aromatic heterocycles. The standard InChI is InChI=1S/C28H20ClF3N4O2/c1-18-21(16-33-35(18)22-7-3-2-4-8-22)17-38-27(37)20-13-11-19(12-14-20)25-15-26(28(30,31)32)34-36(25)24-10-6-5-9-23(24)29/h2-16H,17H2,1H3. The summed E-state index contributed by atoms with van der Waals surface area (Å²) >= 11 is 6.23. The van der Waals surface area contributed by atoms with E-state index in [1.54, 1.807) is 47.3 Å². The van der Waals surface area contributed by atoms with Crippen molar-refractivity contribution < 1.29 is 22.7 Å². The highest BCUT2D eigenvalue weighted by molar-refractivity contribution is 6.32. The van der Waals surface area contributed by atoms with Gasteiger partial charge in [-0.3, -0.25) is 0 Å². The van der Waals surface area contributed by atoms with Gasteiger partial charge in [-0.05, 0) is 49.4 Å². The van der Waals surface area contributed by atoms with Gasteiger partial charge in [-0.1, -0.05) is 54.1 Å². The highest BCUT2D eigenvalue weighted by Crippen LogP contribution is 2.34. The summed E-state index contributed by atoms with van der Waals surface area (Å²) in [5, 5.41) is 8.36. The lowest BCUT2D eigenvalue weighted by molar-refractivity contribution is -0.141. The van der Waals surface area contributed by atoms with E-state index >= 15 is 0 Å². The molecule has 0 aliphatic carbocycles. The summed E-state index contributed by atoms with van der Waals surface area (Å²) in [5.41, 5.74) is 2.58. The van der Waals surface area contributed by atoms with E-state index < -0.39 is 17.8 Å². The fraction of sp³-hybridized carbons (Fsp3) is 0.107. The molecule has 38 heavy (non-hydrogen) atoms. The number of nitrogens with zero attached hydrogens (tertiary/aromatic N) is 4. The molecule has 0 unspecified atom stereocenters. The Balaban J connectivity index is 1.36. The largest absolute Gasteiger partial charge is 0.457 e. The second-order valence-electron chi connectivity index (χ2n) is 8.43. The van der Waals surface area contributed by atoms with Crippen molar-refractivity contribution in [2.45, 2.75) is 19.7 Å². The molecule has 0 N–H and O–H groups in total. The third-order valence-corrected chi connectivity index (χ3v) is 6.29. The molecule has 0 radical (unpaired) electrons. The van der Waals surface area contributed by atoms with Crippen LogP contribution in [-0.4, -0.2) is 25.5 Å². The van der Waals surface area contributed by atoms with Gasteiger partial charge in [0.25, 0.3) is 0 Å². The fourth-order valence-corrected chi connectivity index (χ4v) is 4.17. The lowest BCUT2D eigenvalue weighted by Crippen LogP contribution is -2.07. The molecule has 0 atom stereocenters. The van der Waals surface area contributed by atoms with Crippen LogP contribution in [0.15, 0.2) is 91.1 Å². The molecule has 0 spiro atoms. The fourth-order valence-electron chi connectivity index (χ4n) is 3.95. The summed E-state index contributed by atoms with van der Waals surface area (Å²) in [5.74, 6) is -0.570. The van der Waals surface area contributed by atoms with E-state index in [9.17, 15) is 18.0 Å². The SMILES string of the molecule is Cc1c(COC(=O)c2ccc(-c3cc(C(F)(F)F)nn3-c3ccccc3Cl)cc2)cnn1-c1ccccc1. The average molecular weight is 537 g/mol. The minimum absolute atomic E-state index is 0.0213. The zero-order chi connectivity index (χ0) is 26.9. The van der Waals surface area contributed by atoms with E-state index in [-0.39, 0.29) is 22.9 Å². The maximum Gasteiger partial charge on any atom is 0.435 e. The Hall–Kier alpha value is -4.37. The van der Waals surface area contributed by atoms with Crippen LogP contribution in [0, 0.1) is 6.92 Å². The second-order valence-corrected chi connectivity index (χ2v) is 8.84. The minimum atomic E-state index is -4.64. The van der Waals surface area contributed by atoms with E-state index in [0.29, 0.717) is 11.3 Å². The molecule has 5 aromatic rings. The quantitative estimate of drug-likeness (QED) is 0.218. The number of carbonyl (C=O) groups excluding carboxylic acids is 1. The molecule has 0 aliphatic heterocycles. The average Bonchev–Trinajstić information content (AvgIpc) is 3.52. The first kappa shape index (κ1) is 25.3. The summed E-state index contributed by atoms with van der Waals surface area (Å²) in [6.07, 6.45) is -3.00. The van der Waals surface area contributed by atoms with Gasteiger partial charge in [0.05, 0.1) is 33.9 Å². The lowest BCUT2D eigenvalue weighted by Gasteiger charge is -2.10. The molecular formula is C28H20ClF3N4O2. The highest BCUT2D eigenvalue weighted by Gasteiger charge is 2.35. The van der Waals surface area contributed by atoms with Crippen LogP contribution >= 0.6 is 11.6 Å². The first-order valence-electron chi connectivity index (χ1n) is 11.5. The Bertz CT molecular complexity index is 1590. The number of esters is 1. The molecule has 0 saturated carbocycles. The zero-order valence-corrected chi connectivity index (χ0v) is 20.7. The van der Waals surface area contributed by atoms with Gasteiger partial charge in [-0.25, -0.2) is 14.2 Å². The van der Waals surface area contributed by atoms with E-state index in [4.69, 9.17) is 16.3 Å². The predicted molar refractivity (Wildman–Crippen MR) is 136 cm³/mol. The van der Waals surface area contributed by atoms with Gasteiger partial charge >= 0.3 is 12.1 Å². The molecule has 0 saturated heterocycles. The van der Waals surface area contributed by atoms with Gasteiger partial charge in [0.2, 0.25) is 0 Å². The summed E-state index contributed by atoms with van der Waals surface area (Å²) in [4.78, 5) is 12.7. The number of alkyl halides is 3. The van der Waals surface area contributed by atoms with Crippen LogP contribution in [0.1, 0.15) is 27.3 Å². The number of halogens is 4. The Labute approximate surface area is 220 Å². The van der Waals surface area contributed by atoms with Crippen LogP contribution in [0.4, 0.5) is 13.2 Å². The van der Waals surface area contributed by atoms with Gasteiger partial charge in [0.1, 0.15) is 6.61 Å². The van der Waals surface area contributed by atoms with Crippen molar-refractivity contribution in [3.8, 4) is 22.6 Å². The molecule has 5 rings (SSSR count). The molecule has 0 bridgehead atoms. The molecule has 10 heteroatoms. The Morgan fingerprint density at radius 2 is 1.63 bits per heavy atom. The Kier molecular flexibility index (Phi) is 6.77. The van der Waals surface area contributed by atoms with Gasteiger partial charge in [-0.15, -0.1) is 0 Å². The summed E-state index contributed by atoms with van der Waals surface area (Å²) in [7, 11) is 0. The van der Waals surface area contributed by atoms with Crippen LogP contribution < -0.4 is 0 Å². The van der Waals surface area contributed by atoms with Crippen molar-refractivity contribution in [2.75, 3.05) is 0 Å². The number of carbonyl (C=O) groups is 1. The van der Waals surface area contributed by atoms with E-state index in [0.717, 1.165) is 27.7 Å². The van der Waals surface area contributed by atoms with Crippen LogP contribution in [-0.2, 0) is 17.5 Å². The molecule has 0 fully saturated rings. The topological polar surface area (TPSA) is 61.9 Å². The van der Waals surface area contributed by atoms with E-state index in [2.05, 4.69) is 10.2 Å². The lowest BCUT2D eigenvalue weighted by atomic mass is 10.1. The summed E-state index contributed by atoms with van der Waals surface area (Å²) in [6.45, 7) is 1.91. The van der Waals surface area contributed by atoms with Crippen molar-refractivity contribution in [3.05, 3.63) is 119 Å². The van der Waals surface area contributed by atoms with Crippen molar-refractivity contribution in [1.29, 1.82) is 0 Å². The third kappa shape index (κ3) is 5.05. The molecule has 0 amide bonds. The monoisotopic (exact) mass is 536 g/mol. The molecule has 0 aliphatic rings. The van der Waals surface area contributed by atoms with Gasteiger partial charge in [-0.2, -0.15) is 23.4 Å². The first-order valence-corrected chi connectivity index (χ1v) is 11.9. The van der Waals surface area contributed by atoms with Crippen molar-refractivity contribution in [3.63, 3.8) is 0 Å². The number of ether oxygens (including phenoxy) is 1. The van der Waals surface area contributed by atoms with Crippen LogP contribution in [0.5, 0.6) is 0 Å². The third-order valence-electron chi connectivity index (χ3n) is 5.97. The predicted octanol–water partition coefficient (Wildman–Crippen LogP) is 7.06. The van der Waals surface area contributed by atoms with Gasteiger partial charge in [0.15, 0.2) is 5.69 Å². The second kappa shape index (κ2) is 10.2. The van der Waals surface area contributed by atoms with Crippen LogP contribution in [0.3, 0.4) is 0 Å². The number of para-hydroxylation sites is 2. The number of rotatable bonds is 6. The Morgan fingerprint density at radius 1 is 0.947 bits per heavy atom.